The molecule has 0 radical (unpaired) electrons. The van der Waals surface area contributed by atoms with Crippen LogP contribution in [0.1, 0.15) is 36.8 Å². The smallest absolute Gasteiger partial charge is 0.191 e. The summed E-state index contributed by atoms with van der Waals surface area (Å²) in [6, 6.07) is 6.69. The standard InChI is InChI=1S/C16H20BrFN4O/c1-10(2)15-7-14(23-22-15)9-21-16(19-3)20-8-11-4-12(17)6-13(18)5-11/h4-7,10H,8-9H2,1-3H3,(H2,19,20,21). The number of rotatable bonds is 5. The van der Waals surface area contributed by atoms with Gasteiger partial charge in [0.1, 0.15) is 5.82 Å². The molecule has 23 heavy (non-hydrogen) atoms. The second kappa shape index (κ2) is 8.10. The maximum absolute atomic E-state index is 13.3. The minimum Gasteiger partial charge on any atom is -0.359 e. The largest absolute Gasteiger partial charge is 0.359 e. The van der Waals surface area contributed by atoms with E-state index in [0.717, 1.165) is 17.0 Å². The van der Waals surface area contributed by atoms with Gasteiger partial charge in [0.25, 0.3) is 0 Å². The van der Waals surface area contributed by atoms with Crippen molar-refractivity contribution < 1.29 is 8.91 Å². The molecule has 0 aliphatic rings. The van der Waals surface area contributed by atoms with E-state index >= 15 is 0 Å². The minimum absolute atomic E-state index is 0.276. The van der Waals surface area contributed by atoms with Gasteiger partial charge in [-0.1, -0.05) is 34.9 Å². The highest BCUT2D eigenvalue weighted by molar-refractivity contribution is 9.10. The maximum Gasteiger partial charge on any atom is 0.191 e. The van der Waals surface area contributed by atoms with E-state index in [-0.39, 0.29) is 5.82 Å². The second-order valence-corrected chi connectivity index (χ2v) is 6.35. The van der Waals surface area contributed by atoms with Crippen LogP contribution in [0.15, 0.2) is 38.3 Å². The van der Waals surface area contributed by atoms with Crippen LogP contribution in [0.2, 0.25) is 0 Å². The summed E-state index contributed by atoms with van der Waals surface area (Å²) < 4.78 is 19.3. The summed E-state index contributed by atoms with van der Waals surface area (Å²) in [5.74, 6) is 1.40. The Morgan fingerprint density at radius 3 is 2.61 bits per heavy atom. The van der Waals surface area contributed by atoms with Crippen LogP contribution in [-0.2, 0) is 13.1 Å². The summed E-state index contributed by atoms with van der Waals surface area (Å²) in [6.45, 7) is 5.06. The first-order chi connectivity index (χ1) is 11.0. The summed E-state index contributed by atoms with van der Waals surface area (Å²) in [4.78, 5) is 4.13. The van der Waals surface area contributed by atoms with Crippen LogP contribution in [0, 0.1) is 5.82 Å². The fraction of sp³-hybridized carbons (Fsp3) is 0.375. The third kappa shape index (κ3) is 5.35. The molecule has 1 aromatic carbocycles. The number of nitrogens with one attached hydrogen (secondary N) is 2. The van der Waals surface area contributed by atoms with E-state index in [0.29, 0.717) is 29.4 Å². The van der Waals surface area contributed by atoms with Crippen molar-refractivity contribution in [1.29, 1.82) is 0 Å². The minimum atomic E-state index is -0.276. The highest BCUT2D eigenvalue weighted by Crippen LogP contribution is 2.15. The van der Waals surface area contributed by atoms with Gasteiger partial charge in [-0.05, 0) is 29.7 Å². The topological polar surface area (TPSA) is 62.5 Å². The number of hydrogen-bond acceptors (Lipinski definition) is 3. The van der Waals surface area contributed by atoms with Crippen LogP contribution in [-0.4, -0.2) is 18.2 Å². The first-order valence-electron chi connectivity index (χ1n) is 7.33. The lowest BCUT2D eigenvalue weighted by molar-refractivity contribution is 0.372. The third-order valence-corrected chi connectivity index (χ3v) is 3.66. The first kappa shape index (κ1) is 17.5. The van der Waals surface area contributed by atoms with Crippen molar-refractivity contribution in [3.8, 4) is 0 Å². The van der Waals surface area contributed by atoms with Crippen molar-refractivity contribution in [1.82, 2.24) is 15.8 Å². The lowest BCUT2D eigenvalue weighted by atomic mass is 10.1. The Labute approximate surface area is 143 Å². The quantitative estimate of drug-likeness (QED) is 0.612. The number of guanidine groups is 1. The molecule has 0 atom stereocenters. The predicted octanol–water partition coefficient (Wildman–Crippen LogP) is 3.56. The molecule has 5 nitrogen and oxygen atoms in total. The average Bonchev–Trinajstić information content (AvgIpc) is 2.95. The van der Waals surface area contributed by atoms with Crippen LogP contribution >= 0.6 is 15.9 Å². The molecule has 0 aliphatic carbocycles. The van der Waals surface area contributed by atoms with E-state index in [1.807, 2.05) is 12.1 Å². The highest BCUT2D eigenvalue weighted by Gasteiger charge is 2.08. The zero-order chi connectivity index (χ0) is 16.8. The van der Waals surface area contributed by atoms with Crippen LogP contribution in [0.25, 0.3) is 0 Å². The second-order valence-electron chi connectivity index (χ2n) is 5.43. The molecule has 0 saturated heterocycles. The van der Waals surface area contributed by atoms with Crippen LogP contribution < -0.4 is 10.6 Å². The monoisotopic (exact) mass is 382 g/mol. The fourth-order valence-electron chi connectivity index (χ4n) is 1.97. The molecule has 1 aromatic heterocycles. The van der Waals surface area contributed by atoms with E-state index in [4.69, 9.17) is 4.52 Å². The lowest BCUT2D eigenvalue weighted by Gasteiger charge is -2.11. The number of halogens is 2. The Bertz CT molecular complexity index is 664. The summed E-state index contributed by atoms with van der Waals surface area (Å²) in [7, 11) is 1.68. The van der Waals surface area contributed by atoms with Gasteiger partial charge in [-0.25, -0.2) is 4.39 Å². The molecule has 7 heteroatoms. The summed E-state index contributed by atoms with van der Waals surface area (Å²) >= 11 is 3.28. The van der Waals surface area contributed by atoms with Crippen LogP contribution in [0.3, 0.4) is 0 Å². The third-order valence-electron chi connectivity index (χ3n) is 3.20. The summed E-state index contributed by atoms with van der Waals surface area (Å²) in [5, 5.41) is 10.3. The number of nitrogens with zero attached hydrogens (tertiary/aromatic N) is 2. The van der Waals surface area contributed by atoms with E-state index in [1.54, 1.807) is 7.05 Å². The van der Waals surface area contributed by atoms with E-state index in [2.05, 4.69) is 50.6 Å². The Kier molecular flexibility index (Phi) is 6.15. The number of aliphatic imine (C=N–C) groups is 1. The number of hydrogen-bond donors (Lipinski definition) is 2. The van der Waals surface area contributed by atoms with Gasteiger partial charge in [0, 0.05) is 24.1 Å². The van der Waals surface area contributed by atoms with Crippen LogP contribution in [0.4, 0.5) is 4.39 Å². The molecule has 1 heterocycles. The van der Waals surface area contributed by atoms with Crippen molar-refractivity contribution in [2.45, 2.75) is 32.9 Å². The molecule has 0 amide bonds. The molecule has 2 N–H and O–H groups in total. The zero-order valence-electron chi connectivity index (χ0n) is 13.4. The van der Waals surface area contributed by atoms with Crippen molar-refractivity contribution in [2.75, 3.05) is 7.05 Å². The molecule has 2 rings (SSSR count). The first-order valence-corrected chi connectivity index (χ1v) is 8.12. The molecule has 124 valence electrons. The molecule has 0 fully saturated rings. The van der Waals surface area contributed by atoms with Gasteiger partial charge in [-0.15, -0.1) is 0 Å². The van der Waals surface area contributed by atoms with Gasteiger partial charge in [0.15, 0.2) is 11.7 Å². The number of benzene rings is 1. The molecule has 0 spiro atoms. The van der Waals surface area contributed by atoms with E-state index in [1.165, 1.54) is 12.1 Å². The summed E-state index contributed by atoms with van der Waals surface area (Å²) in [5.41, 5.74) is 1.75. The van der Waals surface area contributed by atoms with Gasteiger partial charge in [-0.3, -0.25) is 4.99 Å². The van der Waals surface area contributed by atoms with Crippen molar-refractivity contribution in [3.63, 3.8) is 0 Å². The van der Waals surface area contributed by atoms with Gasteiger partial charge in [-0.2, -0.15) is 0 Å². The molecule has 0 saturated carbocycles. The molecular formula is C16H20BrFN4O. The lowest BCUT2D eigenvalue weighted by Crippen LogP contribution is -2.36. The summed E-state index contributed by atoms with van der Waals surface area (Å²) in [6.07, 6.45) is 0. The van der Waals surface area contributed by atoms with Crippen molar-refractivity contribution in [3.05, 3.63) is 51.6 Å². The van der Waals surface area contributed by atoms with Crippen molar-refractivity contribution in [2.24, 2.45) is 4.99 Å². The Hall–Kier alpha value is -1.89. The molecular weight excluding hydrogens is 363 g/mol. The van der Waals surface area contributed by atoms with Crippen LogP contribution in [0.5, 0.6) is 0 Å². The van der Waals surface area contributed by atoms with Gasteiger partial charge < -0.3 is 15.2 Å². The van der Waals surface area contributed by atoms with Gasteiger partial charge in [0.05, 0.1) is 12.2 Å². The normalized spacial score (nSPS) is 11.8. The maximum atomic E-state index is 13.3. The van der Waals surface area contributed by atoms with Gasteiger partial charge >= 0.3 is 0 Å². The Morgan fingerprint density at radius 1 is 1.26 bits per heavy atom. The molecule has 0 unspecified atom stereocenters. The SMILES string of the molecule is CN=C(NCc1cc(F)cc(Br)c1)NCc1cc(C(C)C)no1. The van der Waals surface area contributed by atoms with Crippen molar-refractivity contribution >= 4 is 21.9 Å². The average molecular weight is 383 g/mol. The van der Waals surface area contributed by atoms with Gasteiger partial charge in [0.2, 0.25) is 0 Å². The zero-order valence-corrected chi connectivity index (χ0v) is 14.9. The molecule has 2 aromatic rings. The molecule has 0 aliphatic heterocycles. The van der Waals surface area contributed by atoms with E-state index < -0.39 is 0 Å². The molecule has 0 bridgehead atoms. The fourth-order valence-corrected chi connectivity index (χ4v) is 2.49. The van der Waals surface area contributed by atoms with E-state index in [9.17, 15) is 4.39 Å². The Balaban J connectivity index is 1.87. The highest BCUT2D eigenvalue weighted by atomic mass is 79.9. The number of aromatic nitrogens is 1. The Morgan fingerprint density at radius 2 is 2.00 bits per heavy atom. The predicted molar refractivity (Wildman–Crippen MR) is 91.7 cm³/mol.